The molecule has 1 aliphatic rings. The fourth-order valence-corrected chi connectivity index (χ4v) is 2.53. The van der Waals surface area contributed by atoms with E-state index in [0.717, 1.165) is 5.56 Å². The van der Waals surface area contributed by atoms with Crippen LogP contribution in [0.2, 0.25) is 0 Å². The van der Waals surface area contributed by atoms with Crippen molar-refractivity contribution in [3.8, 4) is 0 Å². The zero-order valence-corrected chi connectivity index (χ0v) is 12.2. The summed E-state index contributed by atoms with van der Waals surface area (Å²) < 4.78 is 16.3. The summed E-state index contributed by atoms with van der Waals surface area (Å²) in [7, 11) is 1.40. The van der Waals surface area contributed by atoms with Gasteiger partial charge in [0, 0.05) is 7.11 Å². The van der Waals surface area contributed by atoms with Crippen molar-refractivity contribution in [3.05, 3.63) is 35.9 Å². The van der Waals surface area contributed by atoms with E-state index in [-0.39, 0.29) is 6.61 Å². The molecule has 0 amide bonds. The molecule has 6 heteroatoms. The van der Waals surface area contributed by atoms with Gasteiger partial charge < -0.3 is 29.5 Å². The summed E-state index contributed by atoms with van der Waals surface area (Å²) in [6, 6.07) is 9.48. The molecule has 118 valence electrons. The van der Waals surface area contributed by atoms with E-state index in [0.29, 0.717) is 0 Å². The first kappa shape index (κ1) is 16.4. The second kappa shape index (κ2) is 6.83. The summed E-state index contributed by atoms with van der Waals surface area (Å²) >= 11 is 0. The lowest BCUT2D eigenvalue weighted by Crippen LogP contribution is -2.50. The Morgan fingerprint density at radius 1 is 1.33 bits per heavy atom. The highest BCUT2D eigenvalue weighted by atomic mass is 16.7. The van der Waals surface area contributed by atoms with E-state index < -0.39 is 36.8 Å². The molecule has 0 spiro atoms. The molecular formula is C15H22O6. The van der Waals surface area contributed by atoms with Gasteiger partial charge in [0.25, 0.3) is 0 Å². The van der Waals surface area contributed by atoms with Gasteiger partial charge in [-0.1, -0.05) is 30.3 Å². The third kappa shape index (κ3) is 3.42. The van der Waals surface area contributed by atoms with Crippen molar-refractivity contribution < 1.29 is 29.5 Å². The van der Waals surface area contributed by atoms with E-state index in [1.54, 1.807) is 0 Å². The molecule has 0 bridgehead atoms. The fraction of sp³-hybridized carbons (Fsp3) is 0.600. The van der Waals surface area contributed by atoms with E-state index in [9.17, 15) is 10.2 Å². The molecule has 1 aromatic carbocycles. The lowest BCUT2D eigenvalue weighted by atomic mass is 9.95. The second-order valence-corrected chi connectivity index (χ2v) is 5.36. The minimum absolute atomic E-state index is 0.260. The zero-order valence-electron chi connectivity index (χ0n) is 12.2. The van der Waals surface area contributed by atoms with Crippen molar-refractivity contribution in [1.29, 1.82) is 0 Å². The van der Waals surface area contributed by atoms with Crippen LogP contribution >= 0.6 is 0 Å². The average molecular weight is 298 g/mol. The van der Waals surface area contributed by atoms with Gasteiger partial charge in [-0.05, 0) is 12.5 Å². The molecule has 3 N–H and O–H groups in total. The van der Waals surface area contributed by atoms with Gasteiger partial charge >= 0.3 is 0 Å². The average Bonchev–Trinajstić information content (AvgIpc) is 2.75. The number of aliphatic hydroxyl groups is 3. The summed E-state index contributed by atoms with van der Waals surface area (Å²) in [5.74, 6) is 0. The zero-order chi connectivity index (χ0) is 15.5. The van der Waals surface area contributed by atoms with E-state index in [1.165, 1.54) is 14.0 Å². The van der Waals surface area contributed by atoms with Crippen LogP contribution in [0.5, 0.6) is 0 Å². The Hall–Kier alpha value is -1.02. The highest BCUT2D eigenvalue weighted by Gasteiger charge is 2.56. The first-order valence-electron chi connectivity index (χ1n) is 6.85. The molecule has 0 aromatic heterocycles. The van der Waals surface area contributed by atoms with Crippen LogP contribution in [0.1, 0.15) is 12.5 Å². The van der Waals surface area contributed by atoms with E-state index in [1.807, 2.05) is 30.3 Å². The molecule has 5 atom stereocenters. The van der Waals surface area contributed by atoms with Gasteiger partial charge in [-0.2, -0.15) is 0 Å². The quantitative estimate of drug-likeness (QED) is 0.687. The Kier molecular flexibility index (Phi) is 5.32. The number of ether oxygens (including phenoxy) is 3. The van der Waals surface area contributed by atoms with Crippen LogP contribution in [0.4, 0.5) is 0 Å². The number of methoxy groups -OCH3 is 1. The second-order valence-electron chi connectivity index (χ2n) is 5.36. The molecule has 3 unspecified atom stereocenters. The van der Waals surface area contributed by atoms with Crippen LogP contribution in [0, 0.1) is 0 Å². The van der Waals surface area contributed by atoms with Crippen molar-refractivity contribution in [2.75, 3.05) is 13.7 Å². The largest absolute Gasteiger partial charge is 0.394 e. The molecule has 1 aliphatic heterocycles. The molecular weight excluding hydrogens is 276 g/mol. The Bertz CT molecular complexity index is 435. The van der Waals surface area contributed by atoms with Gasteiger partial charge in [-0.15, -0.1) is 0 Å². The van der Waals surface area contributed by atoms with Crippen molar-refractivity contribution >= 4 is 0 Å². The monoisotopic (exact) mass is 298 g/mol. The lowest BCUT2D eigenvalue weighted by Gasteiger charge is -2.30. The van der Waals surface area contributed by atoms with Crippen LogP contribution in [0.25, 0.3) is 0 Å². The maximum absolute atomic E-state index is 10.5. The molecule has 21 heavy (non-hydrogen) atoms. The van der Waals surface area contributed by atoms with Crippen LogP contribution in [0.3, 0.4) is 0 Å². The van der Waals surface area contributed by atoms with Gasteiger partial charge in [0.2, 0.25) is 0 Å². The Balaban J connectivity index is 2.11. The summed E-state index contributed by atoms with van der Waals surface area (Å²) in [5.41, 5.74) is -0.490. The number of hydrogen-bond donors (Lipinski definition) is 3. The molecule has 1 aromatic rings. The molecule has 1 saturated heterocycles. The number of hydrogen-bond acceptors (Lipinski definition) is 6. The van der Waals surface area contributed by atoms with E-state index in [4.69, 9.17) is 19.3 Å². The van der Waals surface area contributed by atoms with Crippen molar-refractivity contribution in [2.45, 2.75) is 43.7 Å². The van der Waals surface area contributed by atoms with Crippen LogP contribution in [0.15, 0.2) is 30.3 Å². The molecule has 0 aliphatic carbocycles. The number of benzene rings is 1. The molecule has 0 radical (unpaired) electrons. The normalized spacial score (nSPS) is 34.0. The number of rotatable bonds is 6. The maximum atomic E-state index is 10.5. The molecule has 1 heterocycles. The fourth-order valence-electron chi connectivity index (χ4n) is 2.53. The van der Waals surface area contributed by atoms with Gasteiger partial charge in [0.15, 0.2) is 6.29 Å². The predicted octanol–water partition coefficient (Wildman–Crippen LogP) is 0.0473. The van der Waals surface area contributed by atoms with E-state index >= 15 is 0 Å². The molecule has 0 saturated carbocycles. The number of aliphatic hydroxyl groups excluding tert-OH is 2. The predicted molar refractivity (Wildman–Crippen MR) is 74.4 cm³/mol. The van der Waals surface area contributed by atoms with Crippen LogP contribution < -0.4 is 0 Å². The third-order valence-corrected chi connectivity index (χ3v) is 3.69. The van der Waals surface area contributed by atoms with Gasteiger partial charge in [-0.3, -0.25) is 0 Å². The Labute approximate surface area is 123 Å². The summed E-state index contributed by atoms with van der Waals surface area (Å²) in [4.78, 5) is 0. The Morgan fingerprint density at radius 2 is 2.00 bits per heavy atom. The van der Waals surface area contributed by atoms with E-state index in [2.05, 4.69) is 0 Å². The summed E-state index contributed by atoms with van der Waals surface area (Å²) in [6.07, 6.45) is -3.76. The van der Waals surface area contributed by atoms with Crippen molar-refractivity contribution in [3.63, 3.8) is 0 Å². The lowest BCUT2D eigenvalue weighted by molar-refractivity contribution is -0.193. The SMILES string of the molecule is CO[C@H]1OC(C(O)CO)[C@@H](OCc2ccccc2)C1(C)O. The van der Waals surface area contributed by atoms with Gasteiger partial charge in [-0.25, -0.2) is 0 Å². The standard InChI is InChI=1S/C15H22O6/c1-15(18)13(20-9-10-6-4-3-5-7-10)12(11(17)8-16)21-14(15)19-2/h3-7,11-14,16-18H,8-9H2,1-2H3/t11?,12?,13-,14+,15?/m1/s1. The highest BCUT2D eigenvalue weighted by Crippen LogP contribution is 2.35. The topological polar surface area (TPSA) is 88.4 Å². The first-order valence-corrected chi connectivity index (χ1v) is 6.85. The minimum atomic E-state index is -1.43. The van der Waals surface area contributed by atoms with Gasteiger partial charge in [0.1, 0.15) is 23.9 Å². The van der Waals surface area contributed by atoms with Crippen LogP contribution in [-0.4, -0.2) is 59.2 Å². The molecule has 2 rings (SSSR count). The summed E-state index contributed by atoms with van der Waals surface area (Å²) in [6.45, 7) is 1.30. The first-order chi connectivity index (χ1) is 10.0. The molecule has 6 nitrogen and oxygen atoms in total. The smallest absolute Gasteiger partial charge is 0.188 e. The van der Waals surface area contributed by atoms with Crippen molar-refractivity contribution in [1.82, 2.24) is 0 Å². The summed E-state index contributed by atoms with van der Waals surface area (Å²) in [5, 5.41) is 29.5. The minimum Gasteiger partial charge on any atom is -0.394 e. The Morgan fingerprint density at radius 3 is 2.57 bits per heavy atom. The highest BCUT2D eigenvalue weighted by molar-refractivity contribution is 5.14. The van der Waals surface area contributed by atoms with Crippen molar-refractivity contribution in [2.24, 2.45) is 0 Å². The van der Waals surface area contributed by atoms with Gasteiger partial charge in [0.05, 0.1) is 13.2 Å². The van der Waals surface area contributed by atoms with Crippen LogP contribution in [-0.2, 0) is 20.8 Å². The third-order valence-electron chi connectivity index (χ3n) is 3.69. The molecule has 1 fully saturated rings. The maximum Gasteiger partial charge on any atom is 0.188 e.